The minimum absolute atomic E-state index is 0.236. The van der Waals surface area contributed by atoms with E-state index in [0.717, 1.165) is 5.39 Å². The number of carboxylic acid groups (broad SMARTS) is 1. The van der Waals surface area contributed by atoms with E-state index in [0.29, 0.717) is 16.9 Å². The van der Waals surface area contributed by atoms with Crippen LogP contribution in [0.15, 0.2) is 30.3 Å². The van der Waals surface area contributed by atoms with Gasteiger partial charge in [0.05, 0.1) is 19.8 Å². The van der Waals surface area contributed by atoms with Crippen LogP contribution in [-0.2, 0) is 0 Å². The van der Waals surface area contributed by atoms with E-state index < -0.39 is 5.97 Å². The Balaban J connectivity index is 2.80. The van der Waals surface area contributed by atoms with Gasteiger partial charge in [0.15, 0.2) is 0 Å². The third-order valence-electron chi connectivity index (χ3n) is 2.63. The molecule has 0 heterocycles. The molecule has 0 saturated carbocycles. The Hall–Kier alpha value is -2.23. The highest BCUT2D eigenvalue weighted by Gasteiger charge is 2.12. The van der Waals surface area contributed by atoms with Gasteiger partial charge in [0.2, 0.25) is 0 Å². The molecule has 0 aliphatic carbocycles. The second-order valence-corrected chi connectivity index (χ2v) is 3.53. The van der Waals surface area contributed by atoms with Crippen molar-refractivity contribution in [3.8, 4) is 11.5 Å². The van der Waals surface area contributed by atoms with Crippen LogP contribution in [0.5, 0.6) is 11.5 Å². The lowest BCUT2D eigenvalue weighted by Gasteiger charge is -2.09. The van der Waals surface area contributed by atoms with Crippen molar-refractivity contribution in [3.05, 3.63) is 35.9 Å². The van der Waals surface area contributed by atoms with Crippen LogP contribution in [-0.4, -0.2) is 25.3 Å². The Labute approximate surface area is 98.4 Å². The monoisotopic (exact) mass is 232 g/mol. The van der Waals surface area contributed by atoms with Crippen LogP contribution >= 0.6 is 0 Å². The molecule has 0 aliphatic rings. The summed E-state index contributed by atoms with van der Waals surface area (Å²) in [6, 6.07) is 8.44. The molecule has 2 aromatic rings. The van der Waals surface area contributed by atoms with Gasteiger partial charge in [0.25, 0.3) is 0 Å². The molecule has 0 radical (unpaired) electrons. The van der Waals surface area contributed by atoms with Crippen LogP contribution in [0.2, 0.25) is 0 Å². The van der Waals surface area contributed by atoms with Crippen LogP contribution in [0.25, 0.3) is 10.8 Å². The largest absolute Gasteiger partial charge is 0.497 e. The normalized spacial score (nSPS) is 10.2. The molecule has 0 atom stereocenters. The first-order valence-corrected chi connectivity index (χ1v) is 5.05. The highest BCUT2D eigenvalue weighted by atomic mass is 16.5. The minimum Gasteiger partial charge on any atom is -0.497 e. The number of carbonyl (C=O) groups is 1. The first-order chi connectivity index (χ1) is 8.17. The zero-order valence-corrected chi connectivity index (χ0v) is 9.56. The van der Waals surface area contributed by atoms with Gasteiger partial charge in [-0.2, -0.15) is 0 Å². The minimum atomic E-state index is -0.967. The first-order valence-electron chi connectivity index (χ1n) is 5.05. The summed E-state index contributed by atoms with van der Waals surface area (Å²) in [7, 11) is 3.10. The Morgan fingerprint density at radius 3 is 2.41 bits per heavy atom. The van der Waals surface area contributed by atoms with E-state index in [1.54, 1.807) is 38.5 Å². The van der Waals surface area contributed by atoms with Crippen LogP contribution in [0.4, 0.5) is 0 Å². The summed E-state index contributed by atoms with van der Waals surface area (Å²) in [6.07, 6.45) is 0. The summed E-state index contributed by atoms with van der Waals surface area (Å²) in [6.45, 7) is 0. The number of fused-ring (bicyclic) bond motifs is 1. The van der Waals surface area contributed by atoms with E-state index in [9.17, 15) is 4.79 Å². The van der Waals surface area contributed by atoms with E-state index in [2.05, 4.69) is 0 Å². The molecular formula is C13H12O4. The zero-order chi connectivity index (χ0) is 12.4. The highest BCUT2D eigenvalue weighted by molar-refractivity contribution is 6.06. The molecule has 0 spiro atoms. The number of benzene rings is 2. The SMILES string of the molecule is COc1ccc2c(OC)ccc(C(=O)O)c2c1. The molecule has 2 rings (SSSR count). The van der Waals surface area contributed by atoms with Crippen LogP contribution < -0.4 is 9.47 Å². The maximum atomic E-state index is 11.1. The molecule has 4 nitrogen and oxygen atoms in total. The molecule has 88 valence electrons. The van der Waals surface area contributed by atoms with Crippen molar-refractivity contribution in [1.29, 1.82) is 0 Å². The molecule has 0 saturated heterocycles. The van der Waals surface area contributed by atoms with E-state index in [1.807, 2.05) is 0 Å². The lowest BCUT2D eigenvalue weighted by molar-refractivity contribution is 0.0699. The van der Waals surface area contributed by atoms with E-state index >= 15 is 0 Å². The lowest BCUT2D eigenvalue weighted by Crippen LogP contribution is -1.98. The number of aromatic carboxylic acids is 1. The summed E-state index contributed by atoms with van der Waals surface area (Å²) in [5, 5.41) is 10.5. The standard InChI is InChI=1S/C13H12O4/c1-16-8-3-4-9-11(7-8)10(13(14)15)5-6-12(9)17-2/h3-7H,1-2H3,(H,14,15). The van der Waals surface area contributed by atoms with Gasteiger partial charge >= 0.3 is 5.97 Å². The Morgan fingerprint density at radius 1 is 1.06 bits per heavy atom. The average molecular weight is 232 g/mol. The number of hydrogen-bond donors (Lipinski definition) is 1. The predicted octanol–water partition coefficient (Wildman–Crippen LogP) is 2.56. The summed E-state index contributed by atoms with van der Waals surface area (Å²) in [4.78, 5) is 11.1. The molecule has 0 bridgehead atoms. The van der Waals surface area contributed by atoms with Crippen LogP contribution in [0, 0.1) is 0 Å². The van der Waals surface area contributed by atoms with E-state index in [4.69, 9.17) is 14.6 Å². The fourth-order valence-electron chi connectivity index (χ4n) is 1.79. The summed E-state index contributed by atoms with van der Waals surface area (Å²) in [5.41, 5.74) is 0.236. The Bertz CT molecular complexity index is 575. The van der Waals surface area contributed by atoms with Gasteiger partial charge in [-0.3, -0.25) is 0 Å². The molecule has 2 aromatic carbocycles. The number of carboxylic acids is 1. The second kappa shape index (κ2) is 4.33. The topological polar surface area (TPSA) is 55.8 Å². The Kier molecular flexibility index (Phi) is 2.87. The molecule has 17 heavy (non-hydrogen) atoms. The summed E-state index contributed by atoms with van der Waals surface area (Å²) in [5.74, 6) is 0.298. The van der Waals surface area contributed by atoms with Crippen molar-refractivity contribution in [3.63, 3.8) is 0 Å². The quantitative estimate of drug-likeness (QED) is 0.883. The second-order valence-electron chi connectivity index (χ2n) is 3.53. The van der Waals surface area contributed by atoms with Crippen LogP contribution in [0.3, 0.4) is 0 Å². The van der Waals surface area contributed by atoms with Crippen molar-refractivity contribution in [2.45, 2.75) is 0 Å². The van der Waals surface area contributed by atoms with Crippen molar-refractivity contribution < 1.29 is 19.4 Å². The molecule has 0 aliphatic heterocycles. The number of ether oxygens (including phenoxy) is 2. The van der Waals surface area contributed by atoms with Gasteiger partial charge in [-0.25, -0.2) is 4.79 Å². The molecule has 0 fully saturated rings. The van der Waals surface area contributed by atoms with E-state index in [1.165, 1.54) is 6.07 Å². The number of hydrogen-bond acceptors (Lipinski definition) is 3. The van der Waals surface area contributed by atoms with Crippen molar-refractivity contribution in [1.82, 2.24) is 0 Å². The smallest absolute Gasteiger partial charge is 0.336 e. The molecule has 0 amide bonds. The van der Waals surface area contributed by atoms with Crippen LogP contribution in [0.1, 0.15) is 10.4 Å². The van der Waals surface area contributed by atoms with Crippen molar-refractivity contribution >= 4 is 16.7 Å². The zero-order valence-electron chi connectivity index (χ0n) is 9.56. The van der Waals surface area contributed by atoms with Gasteiger partial charge in [0.1, 0.15) is 11.5 Å². The van der Waals surface area contributed by atoms with Gasteiger partial charge in [0, 0.05) is 10.8 Å². The number of methoxy groups -OCH3 is 2. The maximum Gasteiger partial charge on any atom is 0.336 e. The third-order valence-corrected chi connectivity index (χ3v) is 2.63. The van der Waals surface area contributed by atoms with E-state index in [-0.39, 0.29) is 5.56 Å². The third kappa shape index (κ3) is 1.89. The lowest BCUT2D eigenvalue weighted by atomic mass is 10.0. The molecular weight excluding hydrogens is 220 g/mol. The first kappa shape index (κ1) is 11.3. The van der Waals surface area contributed by atoms with Gasteiger partial charge in [-0.1, -0.05) is 0 Å². The molecule has 4 heteroatoms. The summed E-state index contributed by atoms with van der Waals surface area (Å²) < 4.78 is 10.3. The van der Waals surface area contributed by atoms with Gasteiger partial charge in [-0.15, -0.1) is 0 Å². The van der Waals surface area contributed by atoms with Crippen molar-refractivity contribution in [2.24, 2.45) is 0 Å². The molecule has 0 unspecified atom stereocenters. The van der Waals surface area contributed by atoms with Gasteiger partial charge < -0.3 is 14.6 Å². The average Bonchev–Trinajstić information content (AvgIpc) is 2.36. The maximum absolute atomic E-state index is 11.1. The summed E-state index contributed by atoms with van der Waals surface area (Å²) >= 11 is 0. The highest BCUT2D eigenvalue weighted by Crippen LogP contribution is 2.31. The predicted molar refractivity (Wildman–Crippen MR) is 64.0 cm³/mol. The fraction of sp³-hybridized carbons (Fsp3) is 0.154. The number of rotatable bonds is 3. The fourth-order valence-corrected chi connectivity index (χ4v) is 1.79. The molecule has 0 aromatic heterocycles. The van der Waals surface area contributed by atoms with Crippen molar-refractivity contribution in [2.75, 3.05) is 14.2 Å². The Morgan fingerprint density at radius 2 is 1.82 bits per heavy atom. The molecule has 1 N–H and O–H groups in total. The van der Waals surface area contributed by atoms with Gasteiger partial charge in [-0.05, 0) is 30.3 Å².